The highest BCUT2D eigenvalue weighted by molar-refractivity contribution is 6.02. The van der Waals surface area contributed by atoms with E-state index < -0.39 is 17.9 Å². The van der Waals surface area contributed by atoms with Crippen LogP contribution in [0.3, 0.4) is 0 Å². The van der Waals surface area contributed by atoms with Gasteiger partial charge in [0, 0.05) is 18.2 Å². The van der Waals surface area contributed by atoms with Gasteiger partial charge in [-0.25, -0.2) is 9.59 Å². The van der Waals surface area contributed by atoms with Gasteiger partial charge in [0.05, 0.1) is 0 Å². The first-order valence-corrected chi connectivity index (χ1v) is 4.48. The zero-order valence-corrected chi connectivity index (χ0v) is 8.61. The number of hydrogen-bond acceptors (Lipinski definition) is 3. The standard InChI is InChI=1S/C9H14N2O4/c1-3-6(2)10-9(15)11-7(12)4-5-8(13)14/h4-6H,3H2,1-2H3,(H,13,14)(H2,10,11,12,15)/b5-4+. The Bertz CT molecular complexity index is 286. The number of carbonyl (C=O) groups is 3. The predicted octanol–water partition coefficient (Wildman–Crippen LogP) is 0.251. The maximum atomic E-state index is 11.0. The Hall–Kier alpha value is -1.85. The van der Waals surface area contributed by atoms with Crippen molar-refractivity contribution < 1.29 is 19.5 Å². The highest BCUT2D eigenvalue weighted by Crippen LogP contribution is 1.86. The normalized spacial score (nSPS) is 12.1. The van der Waals surface area contributed by atoms with E-state index in [4.69, 9.17) is 5.11 Å². The molecule has 0 rings (SSSR count). The Labute approximate surface area is 87.3 Å². The summed E-state index contributed by atoms with van der Waals surface area (Å²) in [6.45, 7) is 3.67. The molecule has 0 saturated heterocycles. The van der Waals surface area contributed by atoms with Crippen molar-refractivity contribution in [2.75, 3.05) is 0 Å². The number of carboxylic acid groups (broad SMARTS) is 1. The zero-order valence-electron chi connectivity index (χ0n) is 8.61. The number of hydrogen-bond donors (Lipinski definition) is 3. The Kier molecular flexibility index (Phi) is 5.77. The summed E-state index contributed by atoms with van der Waals surface area (Å²) in [6.07, 6.45) is 2.18. The summed E-state index contributed by atoms with van der Waals surface area (Å²) in [6, 6.07) is -0.675. The molecule has 0 aromatic carbocycles. The van der Waals surface area contributed by atoms with Crippen LogP contribution in [-0.2, 0) is 9.59 Å². The monoisotopic (exact) mass is 214 g/mol. The van der Waals surface area contributed by atoms with Crippen LogP contribution in [0.25, 0.3) is 0 Å². The molecular formula is C9H14N2O4. The van der Waals surface area contributed by atoms with Crippen LogP contribution in [0.1, 0.15) is 20.3 Å². The average molecular weight is 214 g/mol. The van der Waals surface area contributed by atoms with Gasteiger partial charge in [-0.1, -0.05) is 6.92 Å². The topological polar surface area (TPSA) is 95.5 Å². The molecule has 84 valence electrons. The van der Waals surface area contributed by atoms with Crippen LogP contribution in [0.4, 0.5) is 4.79 Å². The lowest BCUT2D eigenvalue weighted by Crippen LogP contribution is -2.42. The SMILES string of the molecule is CCC(C)NC(=O)NC(=O)/C=C/C(=O)O. The number of amides is 3. The lowest BCUT2D eigenvalue weighted by atomic mass is 10.3. The molecule has 0 aliphatic rings. The van der Waals surface area contributed by atoms with Gasteiger partial charge in [0.25, 0.3) is 5.91 Å². The molecule has 6 nitrogen and oxygen atoms in total. The lowest BCUT2D eigenvalue weighted by Gasteiger charge is -2.10. The third-order valence-corrected chi connectivity index (χ3v) is 1.60. The molecule has 0 aliphatic heterocycles. The van der Waals surface area contributed by atoms with E-state index in [2.05, 4.69) is 5.32 Å². The molecule has 0 aromatic rings. The fourth-order valence-corrected chi connectivity index (χ4v) is 0.662. The van der Waals surface area contributed by atoms with E-state index in [1.54, 1.807) is 6.92 Å². The fourth-order valence-electron chi connectivity index (χ4n) is 0.662. The largest absolute Gasteiger partial charge is 0.478 e. The van der Waals surface area contributed by atoms with Crippen molar-refractivity contribution in [1.29, 1.82) is 0 Å². The highest BCUT2D eigenvalue weighted by atomic mass is 16.4. The number of carboxylic acids is 1. The van der Waals surface area contributed by atoms with Gasteiger partial charge in [-0.2, -0.15) is 0 Å². The van der Waals surface area contributed by atoms with Gasteiger partial charge in [0.15, 0.2) is 0 Å². The van der Waals surface area contributed by atoms with Crippen molar-refractivity contribution in [3.8, 4) is 0 Å². The van der Waals surface area contributed by atoms with Crippen LogP contribution in [0.15, 0.2) is 12.2 Å². The third kappa shape index (κ3) is 7.24. The van der Waals surface area contributed by atoms with Gasteiger partial charge in [-0.05, 0) is 13.3 Å². The first-order valence-electron chi connectivity index (χ1n) is 4.48. The summed E-state index contributed by atoms with van der Waals surface area (Å²) in [7, 11) is 0. The maximum Gasteiger partial charge on any atom is 0.328 e. The van der Waals surface area contributed by atoms with E-state index in [0.717, 1.165) is 12.5 Å². The molecule has 1 atom stereocenters. The molecule has 0 spiro atoms. The van der Waals surface area contributed by atoms with Gasteiger partial charge in [-0.15, -0.1) is 0 Å². The number of carbonyl (C=O) groups excluding carboxylic acids is 2. The van der Waals surface area contributed by atoms with Gasteiger partial charge in [0.2, 0.25) is 0 Å². The summed E-state index contributed by atoms with van der Waals surface area (Å²) < 4.78 is 0. The molecule has 3 amide bonds. The summed E-state index contributed by atoms with van der Waals surface area (Å²) in [5.74, 6) is -2.01. The molecule has 0 saturated carbocycles. The Morgan fingerprint density at radius 1 is 1.33 bits per heavy atom. The number of aliphatic carboxylic acids is 1. The molecule has 0 fully saturated rings. The third-order valence-electron chi connectivity index (χ3n) is 1.60. The summed E-state index contributed by atoms with van der Waals surface area (Å²) >= 11 is 0. The number of urea groups is 1. The van der Waals surface area contributed by atoms with Crippen molar-refractivity contribution in [2.45, 2.75) is 26.3 Å². The molecule has 0 aliphatic carbocycles. The van der Waals surface area contributed by atoms with Crippen LogP contribution in [0.2, 0.25) is 0 Å². The van der Waals surface area contributed by atoms with Crippen molar-refractivity contribution in [3.05, 3.63) is 12.2 Å². The van der Waals surface area contributed by atoms with E-state index in [0.29, 0.717) is 6.08 Å². The molecule has 0 aromatic heterocycles. The first-order chi connectivity index (χ1) is 6.95. The lowest BCUT2D eigenvalue weighted by molar-refractivity contribution is -0.131. The summed E-state index contributed by atoms with van der Waals surface area (Å²) in [4.78, 5) is 32.0. The molecule has 3 N–H and O–H groups in total. The number of imide groups is 1. The van der Waals surface area contributed by atoms with Gasteiger partial charge in [0.1, 0.15) is 0 Å². The van der Waals surface area contributed by atoms with Crippen LogP contribution in [0, 0.1) is 0 Å². The maximum absolute atomic E-state index is 11.0. The average Bonchev–Trinajstić information content (AvgIpc) is 2.14. The van der Waals surface area contributed by atoms with E-state index in [-0.39, 0.29) is 6.04 Å². The predicted molar refractivity (Wildman–Crippen MR) is 53.2 cm³/mol. The first kappa shape index (κ1) is 13.2. The molecule has 0 radical (unpaired) electrons. The molecule has 0 bridgehead atoms. The van der Waals surface area contributed by atoms with Crippen molar-refractivity contribution in [2.24, 2.45) is 0 Å². The second-order valence-electron chi connectivity index (χ2n) is 2.94. The molecule has 15 heavy (non-hydrogen) atoms. The molecular weight excluding hydrogens is 200 g/mol. The highest BCUT2D eigenvalue weighted by Gasteiger charge is 2.07. The second-order valence-corrected chi connectivity index (χ2v) is 2.94. The van der Waals surface area contributed by atoms with Gasteiger partial charge >= 0.3 is 12.0 Å². The van der Waals surface area contributed by atoms with E-state index in [9.17, 15) is 14.4 Å². The van der Waals surface area contributed by atoms with Crippen LogP contribution < -0.4 is 10.6 Å². The quantitative estimate of drug-likeness (QED) is 0.584. The number of rotatable bonds is 4. The Morgan fingerprint density at radius 3 is 2.40 bits per heavy atom. The van der Waals surface area contributed by atoms with Crippen molar-refractivity contribution in [3.63, 3.8) is 0 Å². The van der Waals surface area contributed by atoms with E-state index >= 15 is 0 Å². The van der Waals surface area contributed by atoms with Crippen LogP contribution >= 0.6 is 0 Å². The minimum atomic E-state index is -1.24. The van der Waals surface area contributed by atoms with Gasteiger partial charge < -0.3 is 10.4 Å². The minimum Gasteiger partial charge on any atom is -0.478 e. The zero-order chi connectivity index (χ0) is 11.8. The molecule has 1 unspecified atom stereocenters. The van der Waals surface area contributed by atoms with E-state index in [1.807, 2.05) is 12.2 Å². The van der Waals surface area contributed by atoms with Crippen molar-refractivity contribution >= 4 is 17.9 Å². The smallest absolute Gasteiger partial charge is 0.328 e. The Balaban J connectivity index is 3.97. The number of nitrogens with one attached hydrogen (secondary N) is 2. The Morgan fingerprint density at radius 2 is 1.93 bits per heavy atom. The van der Waals surface area contributed by atoms with Crippen molar-refractivity contribution in [1.82, 2.24) is 10.6 Å². The fraction of sp³-hybridized carbons (Fsp3) is 0.444. The minimum absolute atomic E-state index is 0.0405. The summed E-state index contributed by atoms with van der Waals surface area (Å²) in [5, 5.41) is 12.7. The van der Waals surface area contributed by atoms with Gasteiger partial charge in [-0.3, -0.25) is 10.1 Å². The van der Waals surface area contributed by atoms with Crippen LogP contribution in [0.5, 0.6) is 0 Å². The second kappa shape index (κ2) is 6.58. The molecule has 6 heteroatoms. The summed E-state index contributed by atoms with van der Waals surface area (Å²) in [5.41, 5.74) is 0. The van der Waals surface area contributed by atoms with E-state index in [1.165, 1.54) is 0 Å². The molecule has 0 heterocycles. The van der Waals surface area contributed by atoms with Crippen LogP contribution in [-0.4, -0.2) is 29.1 Å².